The normalized spacial score (nSPS) is 17.8. The third-order valence-corrected chi connectivity index (χ3v) is 3.04. The van der Waals surface area contributed by atoms with E-state index in [-0.39, 0.29) is 0 Å². The number of ether oxygens (including phenoxy) is 1. The highest BCUT2D eigenvalue weighted by Gasteiger charge is 2.14. The van der Waals surface area contributed by atoms with Crippen molar-refractivity contribution >= 4 is 16.7 Å². The Hall–Kier alpha value is -1.55. The van der Waals surface area contributed by atoms with Crippen LogP contribution in [0.1, 0.15) is 12.8 Å². The largest absolute Gasteiger partial charge is 0.381 e. The van der Waals surface area contributed by atoms with Crippen LogP contribution in [0, 0.1) is 0 Å². The molecule has 0 aromatic carbocycles. The molecule has 0 spiro atoms. The molecule has 0 unspecified atom stereocenters. The average molecular weight is 217 g/mol. The molecule has 1 aliphatic rings. The third-order valence-electron chi connectivity index (χ3n) is 3.04. The Bertz CT molecular complexity index is 474. The van der Waals surface area contributed by atoms with Gasteiger partial charge in [-0.1, -0.05) is 0 Å². The van der Waals surface area contributed by atoms with Gasteiger partial charge in [-0.2, -0.15) is 0 Å². The van der Waals surface area contributed by atoms with Crippen molar-refractivity contribution in [1.82, 2.24) is 9.97 Å². The number of nitrogens with zero attached hydrogens (tertiary/aromatic N) is 1. The number of nitrogens with one attached hydrogen (secondary N) is 2. The fraction of sp³-hybridized carbons (Fsp3) is 0.417. The summed E-state index contributed by atoms with van der Waals surface area (Å²) in [7, 11) is 0. The Balaban J connectivity index is 1.85. The van der Waals surface area contributed by atoms with Gasteiger partial charge in [0, 0.05) is 42.7 Å². The van der Waals surface area contributed by atoms with Gasteiger partial charge >= 0.3 is 0 Å². The first kappa shape index (κ1) is 9.66. The summed E-state index contributed by atoms with van der Waals surface area (Å²) in [5.74, 6) is 0. The second-order valence-electron chi connectivity index (χ2n) is 4.13. The zero-order valence-corrected chi connectivity index (χ0v) is 9.07. The van der Waals surface area contributed by atoms with Crippen LogP contribution < -0.4 is 5.32 Å². The number of aromatic nitrogens is 2. The van der Waals surface area contributed by atoms with Crippen LogP contribution in [0.3, 0.4) is 0 Å². The zero-order chi connectivity index (χ0) is 10.8. The molecule has 3 rings (SSSR count). The Morgan fingerprint density at radius 3 is 3.06 bits per heavy atom. The quantitative estimate of drug-likeness (QED) is 0.810. The Labute approximate surface area is 94.0 Å². The molecule has 0 aliphatic carbocycles. The maximum Gasteiger partial charge on any atom is 0.139 e. The number of anilines is 1. The summed E-state index contributed by atoms with van der Waals surface area (Å²) >= 11 is 0. The summed E-state index contributed by atoms with van der Waals surface area (Å²) in [6, 6.07) is 4.62. The summed E-state index contributed by atoms with van der Waals surface area (Å²) in [6.07, 6.45) is 5.91. The van der Waals surface area contributed by atoms with Crippen LogP contribution in [-0.4, -0.2) is 29.2 Å². The molecule has 2 N–H and O–H groups in total. The molecule has 0 amide bonds. The molecule has 4 nitrogen and oxygen atoms in total. The number of hydrogen-bond acceptors (Lipinski definition) is 3. The molecule has 3 heterocycles. The Morgan fingerprint density at radius 1 is 1.31 bits per heavy atom. The van der Waals surface area contributed by atoms with E-state index in [0.717, 1.165) is 42.8 Å². The van der Waals surface area contributed by atoms with E-state index < -0.39 is 0 Å². The van der Waals surface area contributed by atoms with Gasteiger partial charge in [-0.25, -0.2) is 4.98 Å². The van der Waals surface area contributed by atoms with Crippen LogP contribution in [0.15, 0.2) is 24.5 Å². The van der Waals surface area contributed by atoms with E-state index >= 15 is 0 Å². The van der Waals surface area contributed by atoms with Crippen LogP contribution >= 0.6 is 0 Å². The molecular formula is C12H15N3O. The SMILES string of the molecule is c1cc(NC2CCOCC2)c2cc[nH]c2n1. The molecule has 0 radical (unpaired) electrons. The van der Waals surface area contributed by atoms with Gasteiger partial charge in [0.25, 0.3) is 0 Å². The van der Waals surface area contributed by atoms with E-state index in [1.165, 1.54) is 0 Å². The highest BCUT2D eigenvalue weighted by Crippen LogP contribution is 2.22. The lowest BCUT2D eigenvalue weighted by Gasteiger charge is -2.24. The number of hydrogen-bond donors (Lipinski definition) is 2. The number of rotatable bonds is 2. The molecule has 4 heteroatoms. The molecule has 0 bridgehead atoms. The molecule has 1 fully saturated rings. The topological polar surface area (TPSA) is 49.9 Å². The summed E-state index contributed by atoms with van der Waals surface area (Å²) < 4.78 is 5.35. The van der Waals surface area contributed by atoms with Gasteiger partial charge in [0.05, 0.1) is 0 Å². The van der Waals surface area contributed by atoms with Crippen molar-refractivity contribution in [3.05, 3.63) is 24.5 Å². The standard InChI is InChI=1S/C12H15N3O/c1-5-13-12-10(1)11(2-6-14-12)15-9-3-7-16-8-4-9/h1-2,5-6,9H,3-4,7-8H2,(H2,13,14,15). The van der Waals surface area contributed by atoms with Crippen molar-refractivity contribution in [1.29, 1.82) is 0 Å². The maximum atomic E-state index is 5.35. The van der Waals surface area contributed by atoms with E-state index in [9.17, 15) is 0 Å². The van der Waals surface area contributed by atoms with E-state index in [1.807, 2.05) is 18.5 Å². The highest BCUT2D eigenvalue weighted by molar-refractivity contribution is 5.89. The van der Waals surface area contributed by atoms with E-state index in [2.05, 4.69) is 21.4 Å². The molecule has 0 atom stereocenters. The molecule has 84 valence electrons. The number of aromatic amines is 1. The molecule has 16 heavy (non-hydrogen) atoms. The molecule has 2 aromatic rings. The van der Waals surface area contributed by atoms with Crippen LogP contribution in [0.25, 0.3) is 11.0 Å². The van der Waals surface area contributed by atoms with Gasteiger partial charge in [0.2, 0.25) is 0 Å². The Morgan fingerprint density at radius 2 is 2.19 bits per heavy atom. The summed E-state index contributed by atoms with van der Waals surface area (Å²) in [4.78, 5) is 7.40. The minimum atomic E-state index is 0.522. The zero-order valence-electron chi connectivity index (χ0n) is 9.07. The Kier molecular flexibility index (Phi) is 2.50. The highest BCUT2D eigenvalue weighted by atomic mass is 16.5. The van der Waals surface area contributed by atoms with Crippen molar-refractivity contribution in [3.63, 3.8) is 0 Å². The van der Waals surface area contributed by atoms with Crippen molar-refractivity contribution in [2.45, 2.75) is 18.9 Å². The first-order valence-corrected chi connectivity index (χ1v) is 5.70. The van der Waals surface area contributed by atoms with Crippen molar-refractivity contribution in [2.24, 2.45) is 0 Å². The van der Waals surface area contributed by atoms with Crippen molar-refractivity contribution in [2.75, 3.05) is 18.5 Å². The van der Waals surface area contributed by atoms with Gasteiger partial charge in [0.1, 0.15) is 5.65 Å². The van der Waals surface area contributed by atoms with Crippen LogP contribution in [0.5, 0.6) is 0 Å². The second-order valence-corrected chi connectivity index (χ2v) is 4.13. The summed E-state index contributed by atoms with van der Waals surface area (Å²) in [5.41, 5.74) is 2.11. The summed E-state index contributed by atoms with van der Waals surface area (Å²) in [6.45, 7) is 1.72. The van der Waals surface area contributed by atoms with Gasteiger partial charge in [-0.15, -0.1) is 0 Å². The maximum absolute atomic E-state index is 5.35. The monoisotopic (exact) mass is 217 g/mol. The van der Waals surface area contributed by atoms with E-state index in [1.54, 1.807) is 0 Å². The number of fused-ring (bicyclic) bond motifs is 1. The minimum absolute atomic E-state index is 0.522. The summed E-state index contributed by atoms with van der Waals surface area (Å²) in [5, 5.41) is 4.73. The van der Waals surface area contributed by atoms with Crippen LogP contribution in [0.2, 0.25) is 0 Å². The first-order valence-electron chi connectivity index (χ1n) is 5.70. The smallest absolute Gasteiger partial charge is 0.139 e. The molecule has 2 aromatic heterocycles. The van der Waals surface area contributed by atoms with Gasteiger partial charge < -0.3 is 15.0 Å². The lowest BCUT2D eigenvalue weighted by atomic mass is 10.1. The van der Waals surface area contributed by atoms with Crippen LogP contribution in [-0.2, 0) is 4.74 Å². The van der Waals surface area contributed by atoms with E-state index in [0.29, 0.717) is 6.04 Å². The third kappa shape index (κ3) is 1.76. The molecule has 1 aliphatic heterocycles. The second kappa shape index (κ2) is 4.14. The fourth-order valence-electron chi connectivity index (χ4n) is 2.15. The van der Waals surface area contributed by atoms with E-state index in [4.69, 9.17) is 4.74 Å². The van der Waals surface area contributed by atoms with Crippen LogP contribution in [0.4, 0.5) is 5.69 Å². The minimum Gasteiger partial charge on any atom is -0.381 e. The van der Waals surface area contributed by atoms with Gasteiger partial charge in [-0.3, -0.25) is 0 Å². The average Bonchev–Trinajstić information content (AvgIpc) is 2.80. The number of pyridine rings is 1. The lowest BCUT2D eigenvalue weighted by Crippen LogP contribution is -2.27. The molecule has 0 saturated carbocycles. The molecule has 1 saturated heterocycles. The van der Waals surface area contributed by atoms with Crippen molar-refractivity contribution < 1.29 is 4.74 Å². The number of H-pyrrole nitrogens is 1. The fourth-order valence-corrected chi connectivity index (χ4v) is 2.15. The lowest BCUT2D eigenvalue weighted by molar-refractivity contribution is 0.0905. The predicted octanol–water partition coefficient (Wildman–Crippen LogP) is 2.15. The first-order chi connectivity index (χ1) is 7.93. The van der Waals surface area contributed by atoms with Gasteiger partial charge in [0.15, 0.2) is 0 Å². The molecular weight excluding hydrogens is 202 g/mol. The van der Waals surface area contributed by atoms with Crippen molar-refractivity contribution in [3.8, 4) is 0 Å². The predicted molar refractivity (Wildman–Crippen MR) is 63.6 cm³/mol. The van der Waals surface area contributed by atoms with Gasteiger partial charge in [-0.05, 0) is 25.0 Å².